The highest BCUT2D eigenvalue weighted by Crippen LogP contribution is 2.25. The molecule has 0 saturated carbocycles. The van der Waals surface area contributed by atoms with E-state index in [9.17, 15) is 9.18 Å². The molecular weight excluding hydrogens is 331 g/mol. The van der Waals surface area contributed by atoms with E-state index < -0.39 is 0 Å². The number of hydrogen-bond donors (Lipinski definition) is 0. The molecule has 3 aromatic carbocycles. The van der Waals surface area contributed by atoms with Crippen molar-refractivity contribution in [1.29, 1.82) is 0 Å². The predicted octanol–water partition coefficient (Wildman–Crippen LogP) is 4.96. The second kappa shape index (κ2) is 8.41. The first-order valence-electron chi connectivity index (χ1n) is 8.30. The average Bonchev–Trinajstić information content (AvgIpc) is 2.69. The van der Waals surface area contributed by atoms with E-state index in [4.69, 9.17) is 9.47 Å². The maximum atomic E-state index is 13.0. The maximum Gasteiger partial charge on any atom is 0.338 e. The molecule has 132 valence electrons. The lowest BCUT2D eigenvalue weighted by atomic mass is 9.99. The first-order chi connectivity index (χ1) is 12.7. The number of carbonyl (C=O) groups is 1. The van der Waals surface area contributed by atoms with Crippen LogP contribution in [0.3, 0.4) is 0 Å². The maximum absolute atomic E-state index is 13.0. The minimum Gasteiger partial charge on any atom is -0.460 e. The molecular formula is C22H19FO3. The zero-order valence-electron chi connectivity index (χ0n) is 14.4. The Labute approximate surface area is 152 Å². The highest BCUT2D eigenvalue weighted by Gasteiger charge is 2.07. The summed E-state index contributed by atoms with van der Waals surface area (Å²) in [7, 11) is 1.56. The van der Waals surface area contributed by atoms with Crippen molar-refractivity contribution in [2.75, 3.05) is 20.3 Å². The first-order valence-corrected chi connectivity index (χ1v) is 8.30. The van der Waals surface area contributed by atoms with Crippen molar-refractivity contribution in [1.82, 2.24) is 0 Å². The summed E-state index contributed by atoms with van der Waals surface area (Å²) in [4.78, 5) is 11.9. The Morgan fingerprint density at radius 2 is 1.15 bits per heavy atom. The monoisotopic (exact) mass is 350 g/mol. The fourth-order valence-electron chi connectivity index (χ4n) is 2.60. The second-order valence-electron chi connectivity index (χ2n) is 5.79. The molecule has 0 unspecified atom stereocenters. The van der Waals surface area contributed by atoms with Crippen molar-refractivity contribution in [2.45, 2.75) is 0 Å². The van der Waals surface area contributed by atoms with E-state index in [-0.39, 0.29) is 18.4 Å². The van der Waals surface area contributed by atoms with Crippen molar-refractivity contribution >= 4 is 5.97 Å². The van der Waals surface area contributed by atoms with Crippen LogP contribution in [0.2, 0.25) is 0 Å². The quantitative estimate of drug-likeness (QED) is 0.465. The van der Waals surface area contributed by atoms with Gasteiger partial charge in [-0.25, -0.2) is 9.18 Å². The summed E-state index contributed by atoms with van der Waals surface area (Å²) in [6.45, 7) is 0.617. The molecule has 0 aliphatic rings. The molecule has 26 heavy (non-hydrogen) atoms. The SMILES string of the molecule is COCCOC(=O)c1ccc(-c2ccc(-c3ccc(F)cc3)cc2)cc1. The number of carbonyl (C=O) groups excluding carboxylic acids is 1. The minimum atomic E-state index is -0.361. The molecule has 0 N–H and O–H groups in total. The van der Waals surface area contributed by atoms with Crippen molar-refractivity contribution in [3.05, 3.63) is 84.2 Å². The van der Waals surface area contributed by atoms with Crippen molar-refractivity contribution in [3.63, 3.8) is 0 Å². The van der Waals surface area contributed by atoms with Gasteiger partial charge in [0.05, 0.1) is 12.2 Å². The van der Waals surface area contributed by atoms with Gasteiger partial charge in [-0.15, -0.1) is 0 Å². The molecule has 0 aliphatic heterocycles. The molecule has 3 rings (SSSR count). The topological polar surface area (TPSA) is 35.5 Å². The highest BCUT2D eigenvalue weighted by molar-refractivity contribution is 5.90. The van der Waals surface area contributed by atoms with Gasteiger partial charge in [-0.3, -0.25) is 0 Å². The number of rotatable bonds is 6. The molecule has 0 atom stereocenters. The third-order valence-corrected chi connectivity index (χ3v) is 4.04. The summed E-state index contributed by atoms with van der Waals surface area (Å²) in [5, 5.41) is 0. The fourth-order valence-corrected chi connectivity index (χ4v) is 2.60. The smallest absolute Gasteiger partial charge is 0.338 e. The van der Waals surface area contributed by atoms with Gasteiger partial charge in [-0.1, -0.05) is 48.5 Å². The van der Waals surface area contributed by atoms with Crippen LogP contribution in [0, 0.1) is 5.82 Å². The Morgan fingerprint density at radius 1 is 0.731 bits per heavy atom. The normalized spacial score (nSPS) is 10.5. The zero-order valence-corrected chi connectivity index (χ0v) is 14.4. The molecule has 3 aromatic rings. The summed E-state index contributed by atoms with van der Waals surface area (Å²) in [6.07, 6.45) is 0. The Bertz CT molecular complexity index is 853. The molecule has 4 heteroatoms. The highest BCUT2D eigenvalue weighted by atomic mass is 19.1. The van der Waals surface area contributed by atoms with Gasteiger partial charge in [0.15, 0.2) is 0 Å². The Balaban J connectivity index is 1.71. The molecule has 0 amide bonds. The third kappa shape index (κ3) is 4.35. The van der Waals surface area contributed by atoms with E-state index >= 15 is 0 Å². The average molecular weight is 350 g/mol. The van der Waals surface area contributed by atoms with E-state index in [0.29, 0.717) is 12.2 Å². The van der Waals surface area contributed by atoms with Crippen LogP contribution in [-0.4, -0.2) is 26.3 Å². The van der Waals surface area contributed by atoms with Gasteiger partial charge in [0.2, 0.25) is 0 Å². The van der Waals surface area contributed by atoms with Crippen LogP contribution in [0.5, 0.6) is 0 Å². The van der Waals surface area contributed by atoms with Crippen molar-refractivity contribution < 1.29 is 18.7 Å². The molecule has 0 heterocycles. The van der Waals surface area contributed by atoms with Gasteiger partial charge >= 0.3 is 5.97 Å². The molecule has 0 bridgehead atoms. The number of methoxy groups -OCH3 is 1. The van der Waals surface area contributed by atoms with E-state index in [1.54, 1.807) is 31.4 Å². The molecule has 0 aliphatic carbocycles. The molecule has 0 aromatic heterocycles. The number of ether oxygens (including phenoxy) is 2. The van der Waals surface area contributed by atoms with Crippen LogP contribution in [-0.2, 0) is 9.47 Å². The molecule has 3 nitrogen and oxygen atoms in total. The van der Waals surface area contributed by atoms with Gasteiger partial charge in [0.25, 0.3) is 0 Å². The summed E-state index contributed by atoms with van der Waals surface area (Å²) >= 11 is 0. The Morgan fingerprint density at radius 3 is 1.62 bits per heavy atom. The summed E-state index contributed by atoms with van der Waals surface area (Å²) in [5.41, 5.74) is 4.53. The van der Waals surface area contributed by atoms with E-state index in [2.05, 4.69) is 0 Å². The number of esters is 1. The van der Waals surface area contributed by atoms with Gasteiger partial charge in [-0.05, 0) is 46.5 Å². The van der Waals surface area contributed by atoms with Gasteiger partial charge in [0.1, 0.15) is 12.4 Å². The summed E-state index contributed by atoms with van der Waals surface area (Å²) in [5.74, 6) is -0.605. The van der Waals surface area contributed by atoms with Gasteiger partial charge < -0.3 is 9.47 Å². The van der Waals surface area contributed by atoms with Crippen molar-refractivity contribution in [2.24, 2.45) is 0 Å². The van der Waals surface area contributed by atoms with Crippen LogP contribution in [0.1, 0.15) is 10.4 Å². The number of hydrogen-bond acceptors (Lipinski definition) is 3. The van der Waals surface area contributed by atoms with Crippen LogP contribution in [0.15, 0.2) is 72.8 Å². The van der Waals surface area contributed by atoms with Crippen LogP contribution in [0.25, 0.3) is 22.3 Å². The molecule has 0 spiro atoms. The lowest BCUT2D eigenvalue weighted by Gasteiger charge is -2.07. The number of benzene rings is 3. The van der Waals surface area contributed by atoms with Crippen LogP contribution >= 0.6 is 0 Å². The molecule has 0 fully saturated rings. The minimum absolute atomic E-state index is 0.238. The molecule has 0 radical (unpaired) electrons. The lowest BCUT2D eigenvalue weighted by Crippen LogP contribution is -2.09. The van der Waals surface area contributed by atoms with E-state index in [0.717, 1.165) is 22.3 Å². The van der Waals surface area contributed by atoms with E-state index in [1.807, 2.05) is 36.4 Å². The third-order valence-electron chi connectivity index (χ3n) is 4.04. The summed E-state index contributed by atoms with van der Waals surface area (Å²) in [6, 6.07) is 21.7. The van der Waals surface area contributed by atoms with Gasteiger partial charge in [0, 0.05) is 7.11 Å². The van der Waals surface area contributed by atoms with E-state index in [1.165, 1.54) is 12.1 Å². The van der Waals surface area contributed by atoms with Crippen LogP contribution in [0.4, 0.5) is 4.39 Å². The Hall–Kier alpha value is -2.98. The lowest BCUT2D eigenvalue weighted by molar-refractivity contribution is 0.0388. The molecule has 0 saturated heterocycles. The largest absolute Gasteiger partial charge is 0.460 e. The van der Waals surface area contributed by atoms with Crippen LogP contribution < -0.4 is 0 Å². The first kappa shape index (κ1) is 17.8. The standard InChI is InChI=1S/C22H19FO3/c1-25-14-15-26-22(24)20-8-6-18(7-9-20)16-2-4-17(5-3-16)19-10-12-21(23)13-11-19/h2-13H,14-15H2,1H3. The fraction of sp³-hybridized carbons (Fsp3) is 0.136. The Kier molecular flexibility index (Phi) is 5.77. The zero-order chi connectivity index (χ0) is 18.4. The second-order valence-corrected chi connectivity index (χ2v) is 5.79. The van der Waals surface area contributed by atoms with Gasteiger partial charge in [-0.2, -0.15) is 0 Å². The predicted molar refractivity (Wildman–Crippen MR) is 99.4 cm³/mol. The van der Waals surface area contributed by atoms with Crippen molar-refractivity contribution in [3.8, 4) is 22.3 Å². The summed E-state index contributed by atoms with van der Waals surface area (Å²) < 4.78 is 23.0. The number of halogens is 1.